The van der Waals surface area contributed by atoms with E-state index in [9.17, 15) is 0 Å². The molecule has 0 bridgehead atoms. The molecule has 1 rings (SSSR count). The van der Waals surface area contributed by atoms with Gasteiger partial charge in [0.25, 0.3) is 0 Å². The van der Waals surface area contributed by atoms with Crippen molar-refractivity contribution in [3.8, 4) is 0 Å². The predicted octanol–water partition coefficient (Wildman–Crippen LogP) is 3.86. The van der Waals surface area contributed by atoms with Crippen molar-refractivity contribution in [3.63, 3.8) is 0 Å². The predicted molar refractivity (Wildman–Crippen MR) is 72.0 cm³/mol. The Kier molecular flexibility index (Phi) is 6.28. The first-order valence-corrected chi connectivity index (χ1v) is 6.91. The maximum atomic E-state index is 4.21. The first-order chi connectivity index (χ1) is 7.24. The molecule has 0 N–H and O–H groups in total. The van der Waals surface area contributed by atoms with E-state index in [4.69, 9.17) is 0 Å². The van der Waals surface area contributed by atoms with Crippen LogP contribution >= 0.6 is 0 Å². The van der Waals surface area contributed by atoms with Gasteiger partial charge in [-0.3, -0.25) is 0 Å². The number of unbranched alkanes of at least 4 members (excludes halogenated alkanes) is 5. The van der Waals surface area contributed by atoms with E-state index in [1.165, 1.54) is 63.3 Å². The average molecular weight is 206 g/mol. The van der Waals surface area contributed by atoms with Crippen molar-refractivity contribution < 1.29 is 0 Å². The van der Waals surface area contributed by atoms with E-state index >= 15 is 0 Å². The first-order valence-electron chi connectivity index (χ1n) is 6.91. The monoisotopic (exact) mass is 206 g/mol. The fraction of sp³-hybridized carbons (Fsp3) is 0.929. The molecule has 0 radical (unpaired) electrons. The van der Waals surface area contributed by atoms with E-state index in [0.29, 0.717) is 0 Å². The molecule has 0 nitrogen and oxygen atoms in total. The van der Waals surface area contributed by atoms with Crippen molar-refractivity contribution >= 4 is 13.0 Å². The van der Waals surface area contributed by atoms with Crippen molar-refractivity contribution in [2.24, 2.45) is 11.8 Å². The molecule has 0 heterocycles. The van der Waals surface area contributed by atoms with Gasteiger partial charge in [-0.05, 0) is 0 Å². The van der Waals surface area contributed by atoms with Gasteiger partial charge in [0.15, 0.2) is 0 Å². The van der Waals surface area contributed by atoms with Crippen LogP contribution in [0.4, 0.5) is 0 Å². The zero-order valence-electron chi connectivity index (χ0n) is 10.7. The minimum absolute atomic E-state index is 0.867. The second-order valence-electron chi connectivity index (χ2n) is 5.46. The molecule has 86 valence electrons. The van der Waals surface area contributed by atoms with E-state index in [1.54, 1.807) is 0 Å². The number of hydrogen-bond acceptors (Lipinski definition) is 0. The van der Waals surface area contributed by atoms with Crippen LogP contribution in [0.3, 0.4) is 0 Å². The van der Waals surface area contributed by atoms with Crippen molar-refractivity contribution in [2.45, 2.75) is 71.6 Å². The summed E-state index contributed by atoms with van der Waals surface area (Å²) in [6, 6.07) is 0. The van der Waals surface area contributed by atoms with Crippen LogP contribution in [0.15, 0.2) is 0 Å². The van der Waals surface area contributed by atoms with Crippen molar-refractivity contribution in [3.05, 3.63) is 0 Å². The molecular weight excluding hydrogens is 179 g/mol. The Morgan fingerprint density at radius 3 is 2.40 bits per heavy atom. The topological polar surface area (TPSA) is 0 Å². The molecule has 0 aliphatic heterocycles. The van der Waals surface area contributed by atoms with Crippen molar-refractivity contribution in [1.82, 2.24) is 0 Å². The third-order valence-electron chi connectivity index (χ3n) is 3.78. The first kappa shape index (κ1) is 13.0. The molecule has 0 aromatic carbocycles. The Morgan fingerprint density at radius 1 is 1.13 bits per heavy atom. The summed E-state index contributed by atoms with van der Waals surface area (Å²) in [6.45, 7) is 4.65. The van der Waals surface area contributed by atoms with Gasteiger partial charge in [-0.25, -0.2) is 0 Å². The Balaban J connectivity index is 1.98. The van der Waals surface area contributed by atoms with Crippen molar-refractivity contribution in [2.75, 3.05) is 0 Å². The van der Waals surface area contributed by atoms with Gasteiger partial charge in [0.2, 0.25) is 0 Å². The second kappa shape index (κ2) is 7.25. The summed E-state index contributed by atoms with van der Waals surface area (Å²) in [6.07, 6.45) is 12.7. The van der Waals surface area contributed by atoms with Crippen LogP contribution in [0.5, 0.6) is 0 Å². The molecule has 1 fully saturated rings. The molecule has 0 spiro atoms. The summed E-state index contributed by atoms with van der Waals surface area (Å²) in [5.41, 5.74) is 1.54. The molecule has 1 saturated carbocycles. The molecule has 1 heteroatoms. The van der Waals surface area contributed by atoms with Gasteiger partial charge < -0.3 is 0 Å². The van der Waals surface area contributed by atoms with E-state index in [2.05, 4.69) is 21.3 Å². The van der Waals surface area contributed by atoms with E-state index < -0.39 is 0 Å². The molecule has 1 aliphatic carbocycles. The van der Waals surface area contributed by atoms with Gasteiger partial charge in [0, 0.05) is 0 Å². The molecule has 2 unspecified atom stereocenters. The molecule has 0 aromatic rings. The van der Waals surface area contributed by atoms with Crippen LogP contribution in [-0.2, 0) is 0 Å². The molecule has 2 atom stereocenters. The van der Waals surface area contributed by atoms with Gasteiger partial charge in [0.1, 0.15) is 0 Å². The summed E-state index contributed by atoms with van der Waals surface area (Å²) < 4.78 is 0. The van der Waals surface area contributed by atoms with Crippen LogP contribution in [0.25, 0.3) is 0 Å². The zero-order valence-corrected chi connectivity index (χ0v) is 10.7. The summed E-state index contributed by atoms with van der Waals surface area (Å²) in [5, 5.41) is 0. The fourth-order valence-corrected chi connectivity index (χ4v) is 2.84. The van der Waals surface area contributed by atoms with Crippen LogP contribution in [0.2, 0.25) is 0 Å². The zero-order chi connectivity index (χ0) is 11.1. The van der Waals surface area contributed by atoms with Crippen LogP contribution in [-0.4, -0.2) is 13.0 Å². The Bertz CT molecular complexity index is 186. The van der Waals surface area contributed by atoms with Gasteiger partial charge in [-0.15, -0.1) is 0 Å². The van der Waals surface area contributed by atoms with Gasteiger partial charge in [0.05, 0.1) is 0 Å². The SMILES string of the molecule is B=C1CC(C)CC1CCCCCCCC. The summed E-state index contributed by atoms with van der Waals surface area (Å²) >= 11 is 0. The Hall–Kier alpha value is -0.0651. The van der Waals surface area contributed by atoms with Gasteiger partial charge in [-0.2, -0.15) is 0 Å². The van der Waals surface area contributed by atoms with E-state index in [0.717, 1.165) is 11.8 Å². The fourth-order valence-electron chi connectivity index (χ4n) is 2.84. The summed E-state index contributed by atoms with van der Waals surface area (Å²) in [7, 11) is 4.21. The quantitative estimate of drug-likeness (QED) is 0.438. The minimum atomic E-state index is 0.867. The Morgan fingerprint density at radius 2 is 1.80 bits per heavy atom. The maximum absolute atomic E-state index is 4.21. The van der Waals surface area contributed by atoms with Crippen LogP contribution < -0.4 is 0 Å². The van der Waals surface area contributed by atoms with E-state index in [-0.39, 0.29) is 0 Å². The molecule has 1 aliphatic rings. The average Bonchev–Trinajstić information content (AvgIpc) is 2.51. The normalized spacial score (nSPS) is 26.1. The van der Waals surface area contributed by atoms with Gasteiger partial charge >= 0.3 is 96.4 Å². The standard InChI is InChI=1S/C14H27B/c1-3-4-5-6-7-8-9-13-10-12(2)11-14(13)15/h12-13,15H,3-11H2,1-2H3. The third kappa shape index (κ3) is 4.99. The molecule has 0 aromatic heterocycles. The molecule has 15 heavy (non-hydrogen) atoms. The summed E-state index contributed by atoms with van der Waals surface area (Å²) in [4.78, 5) is 0. The number of hydrogen-bond donors (Lipinski definition) is 0. The number of rotatable bonds is 7. The van der Waals surface area contributed by atoms with Crippen LogP contribution in [0, 0.1) is 11.8 Å². The van der Waals surface area contributed by atoms with Crippen molar-refractivity contribution in [1.29, 1.82) is 0 Å². The third-order valence-corrected chi connectivity index (χ3v) is 3.78. The second-order valence-corrected chi connectivity index (χ2v) is 5.46. The molecule has 0 amide bonds. The molecule has 0 saturated heterocycles. The van der Waals surface area contributed by atoms with Crippen LogP contribution in [0.1, 0.15) is 71.6 Å². The summed E-state index contributed by atoms with van der Waals surface area (Å²) in [5.74, 6) is 1.77. The van der Waals surface area contributed by atoms with E-state index in [1.807, 2.05) is 0 Å². The van der Waals surface area contributed by atoms with Gasteiger partial charge in [-0.1, -0.05) is 0 Å². The molecular formula is C14H27B. The Labute approximate surface area is 96.9 Å².